The van der Waals surface area contributed by atoms with Gasteiger partial charge in [-0.1, -0.05) is 0 Å². The first-order valence-corrected chi connectivity index (χ1v) is 7.31. The van der Waals surface area contributed by atoms with Crippen LogP contribution in [-0.4, -0.2) is 31.5 Å². The van der Waals surface area contributed by atoms with E-state index in [9.17, 15) is 21.6 Å². The van der Waals surface area contributed by atoms with Crippen LogP contribution in [0.5, 0.6) is 0 Å². The minimum absolute atomic E-state index is 0.0262. The van der Waals surface area contributed by atoms with Crippen molar-refractivity contribution in [2.24, 2.45) is 5.73 Å². The fourth-order valence-corrected chi connectivity index (χ4v) is 3.54. The third-order valence-corrected chi connectivity index (χ3v) is 4.75. The molecular formula is C11H17F3N2O3S. The molecule has 0 atom stereocenters. The van der Waals surface area contributed by atoms with E-state index in [1.807, 2.05) is 0 Å². The Morgan fingerprint density at radius 2 is 1.95 bits per heavy atom. The summed E-state index contributed by atoms with van der Waals surface area (Å²) in [5, 5.41) is 0. The lowest BCUT2D eigenvalue weighted by molar-refractivity contribution is -0.138. The molecule has 5 nitrogen and oxygen atoms in total. The molecule has 1 heterocycles. The summed E-state index contributed by atoms with van der Waals surface area (Å²) >= 11 is 0. The second kappa shape index (κ2) is 5.74. The summed E-state index contributed by atoms with van der Waals surface area (Å²) in [4.78, 5) is -0.282. The molecule has 20 heavy (non-hydrogen) atoms. The molecule has 0 aliphatic rings. The molecule has 0 aromatic carbocycles. The van der Waals surface area contributed by atoms with Gasteiger partial charge < -0.3 is 10.2 Å². The molecule has 116 valence electrons. The fourth-order valence-electron chi connectivity index (χ4n) is 1.73. The lowest BCUT2D eigenvalue weighted by atomic mass is 10.4. The maximum atomic E-state index is 12.5. The van der Waals surface area contributed by atoms with Crippen molar-refractivity contribution in [3.63, 3.8) is 0 Å². The lowest BCUT2D eigenvalue weighted by Gasteiger charge is -2.26. The van der Waals surface area contributed by atoms with E-state index in [4.69, 9.17) is 10.2 Å². The van der Waals surface area contributed by atoms with Crippen LogP contribution in [0.4, 0.5) is 13.2 Å². The molecule has 0 bridgehead atoms. The summed E-state index contributed by atoms with van der Waals surface area (Å²) in [5.41, 5.74) is 5.33. The quantitative estimate of drug-likeness (QED) is 0.902. The fraction of sp³-hybridized carbons (Fsp3) is 0.636. The summed E-state index contributed by atoms with van der Waals surface area (Å²) in [6.07, 6.45) is -4.62. The van der Waals surface area contributed by atoms with Crippen LogP contribution in [-0.2, 0) is 16.6 Å². The van der Waals surface area contributed by atoms with Crippen LogP contribution in [0.15, 0.2) is 15.4 Å². The smallest absolute Gasteiger partial charge is 0.402 e. The Morgan fingerprint density at radius 3 is 2.30 bits per heavy atom. The first kappa shape index (κ1) is 17.0. The van der Waals surface area contributed by atoms with Crippen LogP contribution >= 0.6 is 0 Å². The highest BCUT2D eigenvalue weighted by Gasteiger charge is 2.39. The van der Waals surface area contributed by atoms with Gasteiger partial charge in [-0.3, -0.25) is 0 Å². The van der Waals surface area contributed by atoms with Crippen molar-refractivity contribution < 1.29 is 26.0 Å². The van der Waals surface area contributed by atoms with Gasteiger partial charge in [-0.15, -0.1) is 0 Å². The first-order chi connectivity index (χ1) is 8.99. The van der Waals surface area contributed by atoms with Crippen molar-refractivity contribution in [1.29, 1.82) is 0 Å². The molecular weight excluding hydrogens is 297 g/mol. The Balaban J connectivity index is 3.26. The van der Waals surface area contributed by atoms with E-state index in [0.717, 1.165) is 6.07 Å². The van der Waals surface area contributed by atoms with Crippen molar-refractivity contribution in [3.05, 3.63) is 17.6 Å². The molecule has 1 aromatic rings. The van der Waals surface area contributed by atoms with Crippen LogP contribution in [0.25, 0.3) is 0 Å². The number of rotatable bonds is 5. The molecule has 0 unspecified atom stereocenters. The Kier molecular flexibility index (Phi) is 4.88. The highest BCUT2D eigenvalue weighted by molar-refractivity contribution is 7.89. The Hall–Kier alpha value is -1.06. The normalized spacial score (nSPS) is 13.4. The standard InChI is InChI=1S/C11H17F3N2O3S/c1-7(2)16(6-11(12,13)14)20(17,18)10-4-9(5-15)19-8(10)3/h4,7H,5-6,15H2,1-3H3. The zero-order chi connectivity index (χ0) is 15.7. The number of aryl methyl sites for hydroxylation is 1. The number of alkyl halides is 3. The van der Waals surface area contributed by atoms with Gasteiger partial charge in [0.25, 0.3) is 0 Å². The summed E-state index contributed by atoms with van der Waals surface area (Å²) in [6, 6.07) is 0.327. The predicted octanol–water partition coefficient (Wildman–Crippen LogP) is 2.01. The van der Waals surface area contributed by atoms with Gasteiger partial charge in [-0.05, 0) is 20.8 Å². The summed E-state index contributed by atoms with van der Waals surface area (Å²) in [5.74, 6) is 0.232. The SMILES string of the molecule is Cc1oc(CN)cc1S(=O)(=O)N(CC(F)(F)F)C(C)C. The monoisotopic (exact) mass is 314 g/mol. The second-order valence-electron chi connectivity index (χ2n) is 4.60. The van der Waals surface area contributed by atoms with Crippen molar-refractivity contribution in [1.82, 2.24) is 4.31 Å². The van der Waals surface area contributed by atoms with Crippen molar-refractivity contribution in [3.8, 4) is 0 Å². The van der Waals surface area contributed by atoms with Gasteiger partial charge in [-0.2, -0.15) is 17.5 Å². The number of nitrogens with zero attached hydrogens (tertiary/aromatic N) is 1. The van der Waals surface area contributed by atoms with Crippen LogP contribution in [0.3, 0.4) is 0 Å². The first-order valence-electron chi connectivity index (χ1n) is 5.87. The predicted molar refractivity (Wildman–Crippen MR) is 66.4 cm³/mol. The summed E-state index contributed by atoms with van der Waals surface area (Å²) in [7, 11) is -4.29. The molecule has 0 aliphatic carbocycles. The largest absolute Gasteiger partial charge is 0.464 e. The molecule has 0 radical (unpaired) electrons. The summed E-state index contributed by atoms with van der Waals surface area (Å²) in [6.45, 7) is 2.55. The molecule has 2 N–H and O–H groups in total. The maximum absolute atomic E-state index is 12.5. The van der Waals surface area contributed by atoms with E-state index in [1.165, 1.54) is 20.8 Å². The van der Waals surface area contributed by atoms with Crippen LogP contribution in [0.1, 0.15) is 25.4 Å². The molecule has 0 spiro atoms. The average Bonchev–Trinajstić information content (AvgIpc) is 2.66. The third kappa shape index (κ3) is 3.74. The molecule has 1 aromatic heterocycles. The van der Waals surface area contributed by atoms with Gasteiger partial charge in [0, 0.05) is 12.1 Å². The van der Waals surface area contributed by atoms with Gasteiger partial charge in [-0.25, -0.2) is 8.42 Å². The highest BCUT2D eigenvalue weighted by Crippen LogP contribution is 2.28. The zero-order valence-electron chi connectivity index (χ0n) is 11.4. The molecule has 0 saturated heterocycles. The number of furan rings is 1. The van der Waals surface area contributed by atoms with E-state index >= 15 is 0 Å². The van der Waals surface area contributed by atoms with E-state index in [0.29, 0.717) is 4.31 Å². The second-order valence-corrected chi connectivity index (χ2v) is 6.46. The van der Waals surface area contributed by atoms with Crippen LogP contribution < -0.4 is 5.73 Å². The highest BCUT2D eigenvalue weighted by atomic mass is 32.2. The van der Waals surface area contributed by atoms with Crippen molar-refractivity contribution in [2.75, 3.05) is 6.54 Å². The molecule has 0 saturated carbocycles. The number of sulfonamides is 1. The average molecular weight is 314 g/mol. The van der Waals surface area contributed by atoms with Gasteiger partial charge in [0.2, 0.25) is 10.0 Å². The van der Waals surface area contributed by atoms with Gasteiger partial charge in [0.15, 0.2) is 0 Å². The van der Waals surface area contributed by atoms with E-state index in [-0.39, 0.29) is 23.0 Å². The minimum atomic E-state index is -4.62. The van der Waals surface area contributed by atoms with Crippen molar-refractivity contribution in [2.45, 2.75) is 44.4 Å². The Labute approximate surface area is 115 Å². The lowest BCUT2D eigenvalue weighted by Crippen LogP contribution is -2.43. The Bertz CT molecular complexity index is 564. The van der Waals surface area contributed by atoms with Gasteiger partial charge >= 0.3 is 6.18 Å². The number of halogens is 3. The third-order valence-electron chi connectivity index (χ3n) is 2.62. The molecule has 9 heteroatoms. The molecule has 0 aliphatic heterocycles. The summed E-state index contributed by atoms with van der Waals surface area (Å²) < 4.78 is 67.7. The van der Waals surface area contributed by atoms with E-state index in [2.05, 4.69) is 0 Å². The molecule has 1 rings (SSSR count). The number of nitrogens with two attached hydrogens (primary N) is 1. The van der Waals surface area contributed by atoms with Gasteiger partial charge in [0.1, 0.15) is 23.0 Å². The van der Waals surface area contributed by atoms with Crippen LogP contribution in [0, 0.1) is 6.92 Å². The molecule has 0 fully saturated rings. The Morgan fingerprint density at radius 1 is 1.40 bits per heavy atom. The maximum Gasteiger partial charge on any atom is 0.402 e. The van der Waals surface area contributed by atoms with Crippen LogP contribution in [0.2, 0.25) is 0 Å². The molecule has 0 amide bonds. The van der Waals surface area contributed by atoms with E-state index in [1.54, 1.807) is 0 Å². The number of hydrogen-bond acceptors (Lipinski definition) is 4. The minimum Gasteiger partial charge on any atom is -0.464 e. The number of hydrogen-bond donors (Lipinski definition) is 1. The van der Waals surface area contributed by atoms with Gasteiger partial charge in [0.05, 0.1) is 6.54 Å². The van der Waals surface area contributed by atoms with E-state index < -0.39 is 28.8 Å². The van der Waals surface area contributed by atoms with Crippen molar-refractivity contribution >= 4 is 10.0 Å². The topological polar surface area (TPSA) is 76.5 Å². The zero-order valence-corrected chi connectivity index (χ0v) is 12.2.